The molecule has 3 aliphatic rings. The Bertz CT molecular complexity index is 1360. The van der Waals surface area contributed by atoms with Gasteiger partial charge in [-0.3, -0.25) is 4.98 Å². The number of halogens is 1. The van der Waals surface area contributed by atoms with Gasteiger partial charge in [-0.15, -0.1) is 0 Å². The number of nitrogens with zero attached hydrogens (tertiary/aromatic N) is 3. The maximum absolute atomic E-state index is 13.5. The molecule has 2 aliphatic carbocycles. The smallest absolute Gasteiger partial charge is 0.123 e. The summed E-state index contributed by atoms with van der Waals surface area (Å²) in [6.45, 7) is 0.930. The van der Waals surface area contributed by atoms with Gasteiger partial charge < -0.3 is 4.74 Å². The van der Waals surface area contributed by atoms with E-state index >= 15 is 0 Å². The molecule has 1 saturated carbocycles. The highest BCUT2D eigenvalue weighted by Crippen LogP contribution is 2.57. The molecule has 0 bridgehead atoms. The summed E-state index contributed by atoms with van der Waals surface area (Å²) in [5, 5.41) is 5.84. The Morgan fingerprint density at radius 3 is 2.76 bits per heavy atom. The Hall–Kier alpha value is -3.05. The number of hydrogen-bond donors (Lipinski definition) is 0. The van der Waals surface area contributed by atoms with E-state index in [-0.39, 0.29) is 16.8 Å². The van der Waals surface area contributed by atoms with Crippen LogP contribution in [0.1, 0.15) is 48.9 Å². The molecular weight excluding hydrogens is 425 g/mol. The van der Waals surface area contributed by atoms with Crippen LogP contribution in [0.15, 0.2) is 67.0 Å². The van der Waals surface area contributed by atoms with Crippen molar-refractivity contribution in [2.24, 2.45) is 5.92 Å². The van der Waals surface area contributed by atoms with Crippen molar-refractivity contribution in [1.29, 1.82) is 0 Å². The zero-order valence-corrected chi connectivity index (χ0v) is 19.2. The highest BCUT2D eigenvalue weighted by molar-refractivity contribution is 5.82. The lowest BCUT2D eigenvalue weighted by molar-refractivity contribution is 0.0991. The summed E-state index contributed by atoms with van der Waals surface area (Å²) in [6.07, 6.45) is 11.8. The molecular formula is C29H28FN3O. The third kappa shape index (κ3) is 3.21. The first kappa shape index (κ1) is 20.3. The van der Waals surface area contributed by atoms with Crippen molar-refractivity contribution in [2.45, 2.75) is 56.0 Å². The van der Waals surface area contributed by atoms with Crippen molar-refractivity contribution in [3.8, 4) is 5.69 Å². The van der Waals surface area contributed by atoms with Crippen molar-refractivity contribution in [3.05, 3.63) is 89.6 Å². The topological polar surface area (TPSA) is 43.2 Å². The lowest BCUT2D eigenvalue weighted by atomic mass is 9.57. The largest absolute Gasteiger partial charge is 0.370 e. The van der Waals surface area contributed by atoms with Crippen LogP contribution in [-0.2, 0) is 23.0 Å². The second-order valence-electron chi connectivity index (χ2n) is 10.5. The summed E-state index contributed by atoms with van der Waals surface area (Å²) in [4.78, 5) is 4.75. The molecule has 0 radical (unpaired) electrons. The fourth-order valence-corrected chi connectivity index (χ4v) is 6.77. The number of hydrogen-bond acceptors (Lipinski definition) is 3. The molecule has 0 N–H and O–H groups in total. The van der Waals surface area contributed by atoms with E-state index in [0.717, 1.165) is 55.3 Å². The molecule has 4 nitrogen and oxygen atoms in total. The maximum Gasteiger partial charge on any atom is 0.123 e. The first-order chi connectivity index (χ1) is 16.6. The van der Waals surface area contributed by atoms with Crippen molar-refractivity contribution < 1.29 is 9.13 Å². The van der Waals surface area contributed by atoms with Crippen LogP contribution in [-0.4, -0.2) is 27.0 Å². The SMILES string of the molecule is Fc1ccc(-n2ncc3cc4c(cc32)CCC[C@@H]2C[C@@]3(CC[C@]42Cc2ccccn2)CO3)cc1. The number of ether oxygens (including phenoxy) is 1. The van der Waals surface area contributed by atoms with Gasteiger partial charge >= 0.3 is 0 Å². The average molecular weight is 454 g/mol. The normalized spacial score (nSPS) is 27.9. The predicted molar refractivity (Wildman–Crippen MR) is 130 cm³/mol. The van der Waals surface area contributed by atoms with Crippen molar-refractivity contribution in [2.75, 3.05) is 6.61 Å². The molecule has 1 saturated heterocycles. The van der Waals surface area contributed by atoms with Gasteiger partial charge in [0.15, 0.2) is 0 Å². The summed E-state index contributed by atoms with van der Waals surface area (Å²) in [5.74, 6) is 0.364. The van der Waals surface area contributed by atoms with Crippen LogP contribution < -0.4 is 0 Å². The molecule has 3 heterocycles. The van der Waals surface area contributed by atoms with Crippen LogP contribution in [0.3, 0.4) is 0 Å². The lowest BCUT2D eigenvalue weighted by Crippen LogP contribution is -2.45. The van der Waals surface area contributed by atoms with Crippen molar-refractivity contribution in [3.63, 3.8) is 0 Å². The fraction of sp³-hybridized carbons (Fsp3) is 0.379. The highest BCUT2D eigenvalue weighted by atomic mass is 19.1. The molecule has 2 aromatic carbocycles. The van der Waals surface area contributed by atoms with Gasteiger partial charge in [0, 0.05) is 22.7 Å². The Morgan fingerprint density at radius 2 is 1.97 bits per heavy atom. The molecule has 1 spiro atoms. The molecule has 5 heteroatoms. The van der Waals surface area contributed by atoms with Crippen LogP contribution in [0.2, 0.25) is 0 Å². The minimum atomic E-state index is -0.230. The van der Waals surface area contributed by atoms with E-state index in [9.17, 15) is 4.39 Å². The first-order valence-corrected chi connectivity index (χ1v) is 12.5. The van der Waals surface area contributed by atoms with E-state index in [1.165, 1.54) is 41.8 Å². The standard InChI is InChI=1S/C29H28FN3O/c30-23-7-9-25(10-8-23)33-27-15-20-4-3-5-22-16-28(19-34-28)11-12-29(22,17-24-6-1-2-13-31-24)26(20)14-21(27)18-32-33/h1-2,6-10,13-15,18,22H,3-5,11-12,16-17,19H2/t22-,28+,29-/m1/s1. The van der Waals surface area contributed by atoms with Crippen LogP contribution >= 0.6 is 0 Å². The number of benzene rings is 2. The maximum atomic E-state index is 13.5. The van der Waals surface area contributed by atoms with E-state index in [0.29, 0.717) is 5.92 Å². The second kappa shape index (κ2) is 7.47. The number of epoxide rings is 1. The van der Waals surface area contributed by atoms with E-state index in [1.807, 2.05) is 23.1 Å². The predicted octanol–water partition coefficient (Wildman–Crippen LogP) is 5.95. The minimum Gasteiger partial charge on any atom is -0.370 e. The first-order valence-electron chi connectivity index (χ1n) is 12.5. The van der Waals surface area contributed by atoms with Gasteiger partial charge in [-0.05, 0) is 111 Å². The minimum absolute atomic E-state index is 0.0730. The van der Waals surface area contributed by atoms with Gasteiger partial charge in [0.05, 0.1) is 29.6 Å². The molecule has 7 rings (SSSR count). The van der Waals surface area contributed by atoms with Crippen LogP contribution in [0.25, 0.3) is 16.6 Å². The van der Waals surface area contributed by atoms with Gasteiger partial charge in [-0.1, -0.05) is 6.07 Å². The van der Waals surface area contributed by atoms with Gasteiger partial charge in [-0.25, -0.2) is 9.07 Å². The molecule has 0 amide bonds. The Morgan fingerprint density at radius 1 is 1.09 bits per heavy atom. The molecule has 172 valence electrons. The third-order valence-corrected chi connectivity index (χ3v) is 8.60. The number of aromatic nitrogens is 3. The zero-order valence-electron chi connectivity index (χ0n) is 19.2. The number of rotatable bonds is 3. The Balaban J connectivity index is 1.38. The summed E-state index contributed by atoms with van der Waals surface area (Å²) in [6, 6.07) is 17.6. The van der Waals surface area contributed by atoms with Gasteiger partial charge in [0.1, 0.15) is 5.82 Å². The van der Waals surface area contributed by atoms with E-state index in [4.69, 9.17) is 14.8 Å². The third-order valence-electron chi connectivity index (χ3n) is 8.60. The molecule has 2 aromatic heterocycles. The Kier molecular flexibility index (Phi) is 4.47. The second-order valence-corrected chi connectivity index (χ2v) is 10.5. The molecule has 4 aromatic rings. The monoisotopic (exact) mass is 453 g/mol. The van der Waals surface area contributed by atoms with E-state index in [2.05, 4.69) is 24.3 Å². The zero-order chi connectivity index (χ0) is 22.8. The summed E-state index contributed by atoms with van der Waals surface area (Å²) >= 11 is 0. The Labute approximate surface area is 198 Å². The number of fused-ring (bicyclic) bond motifs is 4. The van der Waals surface area contributed by atoms with Crippen LogP contribution in [0.5, 0.6) is 0 Å². The van der Waals surface area contributed by atoms with Crippen LogP contribution in [0.4, 0.5) is 4.39 Å². The average Bonchev–Trinajstić information content (AvgIpc) is 3.52. The highest BCUT2D eigenvalue weighted by Gasteiger charge is 2.57. The van der Waals surface area contributed by atoms with Gasteiger partial charge in [-0.2, -0.15) is 5.10 Å². The molecule has 3 atom stereocenters. The lowest BCUT2D eigenvalue weighted by Gasteiger charge is -2.47. The van der Waals surface area contributed by atoms with Gasteiger partial charge in [0.25, 0.3) is 0 Å². The van der Waals surface area contributed by atoms with E-state index in [1.54, 1.807) is 12.1 Å². The molecule has 0 unspecified atom stereocenters. The number of pyridine rings is 1. The summed E-state index contributed by atoms with van der Waals surface area (Å²) in [5.41, 5.74) is 6.29. The van der Waals surface area contributed by atoms with Crippen LogP contribution in [0, 0.1) is 11.7 Å². The summed E-state index contributed by atoms with van der Waals surface area (Å²) < 4.78 is 21.4. The molecule has 34 heavy (non-hydrogen) atoms. The van der Waals surface area contributed by atoms with Crippen molar-refractivity contribution in [1.82, 2.24) is 14.8 Å². The summed E-state index contributed by atoms with van der Waals surface area (Å²) in [7, 11) is 0. The van der Waals surface area contributed by atoms with E-state index < -0.39 is 0 Å². The fourth-order valence-electron chi connectivity index (χ4n) is 6.77. The van der Waals surface area contributed by atoms with Crippen molar-refractivity contribution >= 4 is 10.9 Å². The number of aryl methyl sites for hydroxylation is 1. The van der Waals surface area contributed by atoms with Gasteiger partial charge in [0.2, 0.25) is 0 Å². The molecule has 2 fully saturated rings. The quantitative estimate of drug-likeness (QED) is 0.360. The molecule has 1 aliphatic heterocycles.